The molecule has 0 saturated carbocycles. The van der Waals surface area contributed by atoms with Gasteiger partial charge >= 0.3 is 0 Å². The summed E-state index contributed by atoms with van der Waals surface area (Å²) in [4.78, 5) is 11.6. The number of ketones is 1. The van der Waals surface area contributed by atoms with Crippen LogP contribution < -0.4 is 4.74 Å². The van der Waals surface area contributed by atoms with Crippen molar-refractivity contribution in [2.45, 2.75) is 12.8 Å². The zero-order valence-electron chi connectivity index (χ0n) is 9.27. The molecular weight excluding hydrogens is 200 g/mol. The molecule has 0 radical (unpaired) electrons. The monoisotopic (exact) mass is 214 g/mol. The van der Waals surface area contributed by atoms with Gasteiger partial charge in [-0.05, 0) is 36.8 Å². The lowest BCUT2D eigenvalue weighted by atomic mass is 10.1. The third-order valence-corrected chi connectivity index (χ3v) is 2.10. The minimum absolute atomic E-state index is 0.0142. The van der Waals surface area contributed by atoms with E-state index in [1.54, 1.807) is 43.5 Å². The van der Waals surface area contributed by atoms with Gasteiger partial charge in [-0.25, -0.2) is 0 Å². The van der Waals surface area contributed by atoms with Gasteiger partial charge < -0.3 is 4.74 Å². The number of allylic oxidation sites excluding steroid dienone is 2. The van der Waals surface area contributed by atoms with Crippen molar-refractivity contribution >= 4 is 5.78 Å². The first-order valence-corrected chi connectivity index (χ1v) is 5.06. The Balaban J connectivity index is 2.59. The summed E-state index contributed by atoms with van der Waals surface area (Å²) in [6.07, 6.45) is 9.85. The molecule has 0 saturated heterocycles. The minimum Gasteiger partial charge on any atom is -0.497 e. The topological polar surface area (TPSA) is 26.3 Å². The fraction of sp³-hybridized carbons (Fsp3) is 0.214. The second-order valence-corrected chi connectivity index (χ2v) is 3.24. The molecule has 16 heavy (non-hydrogen) atoms. The highest BCUT2D eigenvalue weighted by Gasteiger charge is 2.00. The highest BCUT2D eigenvalue weighted by atomic mass is 16.5. The van der Waals surface area contributed by atoms with Crippen LogP contribution in [-0.4, -0.2) is 12.9 Å². The maximum absolute atomic E-state index is 11.6. The molecule has 0 bridgehead atoms. The van der Waals surface area contributed by atoms with Gasteiger partial charge in [-0.2, -0.15) is 0 Å². The van der Waals surface area contributed by atoms with Gasteiger partial charge in [0.1, 0.15) is 5.75 Å². The summed E-state index contributed by atoms with van der Waals surface area (Å²) in [6.45, 7) is 0. The lowest BCUT2D eigenvalue weighted by Gasteiger charge is -1.99. The smallest absolute Gasteiger partial charge is 0.185 e. The minimum atomic E-state index is -0.0142. The van der Waals surface area contributed by atoms with Crippen LogP contribution in [0.1, 0.15) is 23.2 Å². The standard InChI is InChI=1S/C14H14O2/c1-3-4-5-6-7-14(15)12-8-10-13(16-2)11-9-12/h1,6-11H,4-5H2,2H3/b7-6+. The summed E-state index contributed by atoms with van der Waals surface area (Å²) in [7, 11) is 1.59. The normalized spacial score (nSPS) is 10.0. The molecule has 0 heterocycles. The first-order chi connectivity index (χ1) is 7.77. The summed E-state index contributed by atoms with van der Waals surface area (Å²) in [5.41, 5.74) is 0.651. The zero-order valence-corrected chi connectivity index (χ0v) is 9.27. The van der Waals surface area contributed by atoms with Crippen molar-refractivity contribution in [3.8, 4) is 18.1 Å². The predicted octanol–water partition coefficient (Wildman–Crippen LogP) is 2.85. The third kappa shape index (κ3) is 3.62. The molecule has 0 fully saturated rings. The van der Waals surface area contributed by atoms with E-state index in [1.807, 2.05) is 0 Å². The van der Waals surface area contributed by atoms with E-state index in [0.717, 1.165) is 12.2 Å². The number of benzene rings is 1. The predicted molar refractivity (Wildman–Crippen MR) is 64.5 cm³/mol. The quantitative estimate of drug-likeness (QED) is 0.326. The maximum Gasteiger partial charge on any atom is 0.185 e. The van der Waals surface area contributed by atoms with Crippen LogP contribution in [0.15, 0.2) is 36.4 Å². The van der Waals surface area contributed by atoms with Crippen LogP contribution in [0.4, 0.5) is 0 Å². The lowest BCUT2D eigenvalue weighted by molar-refractivity contribution is 0.104. The number of carbonyl (C=O) groups is 1. The molecule has 0 aliphatic heterocycles. The Morgan fingerprint density at radius 3 is 2.69 bits per heavy atom. The maximum atomic E-state index is 11.6. The molecule has 0 aromatic heterocycles. The molecule has 1 rings (SSSR count). The van der Waals surface area contributed by atoms with Crippen LogP contribution >= 0.6 is 0 Å². The Morgan fingerprint density at radius 1 is 1.44 bits per heavy atom. The van der Waals surface area contributed by atoms with Crippen LogP contribution in [0.2, 0.25) is 0 Å². The van der Waals surface area contributed by atoms with Crippen molar-refractivity contribution < 1.29 is 9.53 Å². The summed E-state index contributed by atoms with van der Waals surface area (Å²) in [5, 5.41) is 0. The number of methoxy groups -OCH3 is 1. The van der Waals surface area contributed by atoms with Crippen LogP contribution in [0.3, 0.4) is 0 Å². The Kier molecular flexibility index (Phi) is 4.88. The number of hydrogen-bond donors (Lipinski definition) is 0. The molecule has 0 atom stereocenters. The first kappa shape index (κ1) is 12.1. The van der Waals surface area contributed by atoms with Crippen molar-refractivity contribution in [1.29, 1.82) is 0 Å². The molecule has 0 spiro atoms. The molecule has 0 aliphatic carbocycles. The first-order valence-electron chi connectivity index (χ1n) is 5.06. The summed E-state index contributed by atoms with van der Waals surface area (Å²) >= 11 is 0. The molecule has 0 amide bonds. The summed E-state index contributed by atoms with van der Waals surface area (Å²) in [6, 6.07) is 7.02. The molecule has 0 unspecified atom stereocenters. The number of unbranched alkanes of at least 4 members (excludes halogenated alkanes) is 1. The highest BCUT2D eigenvalue weighted by molar-refractivity contribution is 6.04. The largest absolute Gasteiger partial charge is 0.497 e. The van der Waals surface area contributed by atoms with Crippen LogP contribution in [0.5, 0.6) is 5.75 Å². The summed E-state index contributed by atoms with van der Waals surface area (Å²) in [5.74, 6) is 3.25. The van der Waals surface area contributed by atoms with E-state index in [4.69, 9.17) is 11.2 Å². The number of rotatable bonds is 5. The fourth-order valence-electron chi connectivity index (χ4n) is 1.21. The van der Waals surface area contributed by atoms with Crippen molar-refractivity contribution in [3.63, 3.8) is 0 Å². The van der Waals surface area contributed by atoms with Gasteiger partial charge in [0.2, 0.25) is 0 Å². The van der Waals surface area contributed by atoms with Gasteiger partial charge in [0.25, 0.3) is 0 Å². The number of carbonyl (C=O) groups excluding carboxylic acids is 1. The van der Waals surface area contributed by atoms with Crippen molar-refractivity contribution in [2.24, 2.45) is 0 Å². The van der Waals surface area contributed by atoms with Crippen molar-refractivity contribution in [2.75, 3.05) is 7.11 Å². The Labute approximate surface area is 95.9 Å². The van der Waals surface area contributed by atoms with Crippen molar-refractivity contribution in [3.05, 3.63) is 42.0 Å². The van der Waals surface area contributed by atoms with Gasteiger partial charge in [-0.15, -0.1) is 12.3 Å². The average molecular weight is 214 g/mol. The SMILES string of the molecule is C#CCC/C=C/C(=O)c1ccc(OC)cc1. The summed E-state index contributed by atoms with van der Waals surface area (Å²) < 4.78 is 5.01. The van der Waals surface area contributed by atoms with E-state index in [2.05, 4.69) is 5.92 Å². The highest BCUT2D eigenvalue weighted by Crippen LogP contribution is 2.12. The van der Waals surface area contributed by atoms with E-state index in [-0.39, 0.29) is 5.78 Å². The Hall–Kier alpha value is -2.01. The van der Waals surface area contributed by atoms with Crippen LogP contribution in [0.25, 0.3) is 0 Å². The molecule has 2 nitrogen and oxygen atoms in total. The molecular formula is C14H14O2. The Morgan fingerprint density at radius 2 is 2.12 bits per heavy atom. The van der Waals surface area contributed by atoms with Crippen LogP contribution in [0, 0.1) is 12.3 Å². The Bertz CT molecular complexity index is 407. The van der Waals surface area contributed by atoms with Gasteiger partial charge in [-0.3, -0.25) is 4.79 Å². The number of hydrogen-bond acceptors (Lipinski definition) is 2. The second kappa shape index (κ2) is 6.47. The molecule has 82 valence electrons. The lowest BCUT2D eigenvalue weighted by Crippen LogP contribution is -1.94. The fourth-order valence-corrected chi connectivity index (χ4v) is 1.21. The number of terminal acetylenes is 1. The van der Waals surface area contributed by atoms with E-state index in [9.17, 15) is 4.79 Å². The van der Waals surface area contributed by atoms with Gasteiger partial charge in [0.05, 0.1) is 7.11 Å². The van der Waals surface area contributed by atoms with Gasteiger partial charge in [0.15, 0.2) is 5.78 Å². The van der Waals surface area contributed by atoms with Gasteiger partial charge in [-0.1, -0.05) is 6.08 Å². The molecule has 1 aromatic rings. The molecule has 1 aromatic carbocycles. The average Bonchev–Trinajstić information content (AvgIpc) is 2.34. The van der Waals surface area contributed by atoms with Crippen LogP contribution in [-0.2, 0) is 0 Å². The van der Waals surface area contributed by atoms with E-state index in [1.165, 1.54) is 0 Å². The molecule has 0 aliphatic rings. The zero-order chi connectivity index (χ0) is 11.8. The van der Waals surface area contributed by atoms with E-state index >= 15 is 0 Å². The molecule has 2 heteroatoms. The van der Waals surface area contributed by atoms with E-state index < -0.39 is 0 Å². The second-order valence-electron chi connectivity index (χ2n) is 3.24. The number of ether oxygens (including phenoxy) is 1. The van der Waals surface area contributed by atoms with Crippen molar-refractivity contribution in [1.82, 2.24) is 0 Å². The molecule has 0 N–H and O–H groups in total. The van der Waals surface area contributed by atoms with E-state index in [0.29, 0.717) is 12.0 Å². The van der Waals surface area contributed by atoms with Gasteiger partial charge in [0, 0.05) is 12.0 Å². The third-order valence-electron chi connectivity index (χ3n) is 2.10.